The largest absolute Gasteiger partial charge is 0.471 e. The number of hydrogen-bond acceptors (Lipinski definition) is 6. The second-order valence-electron chi connectivity index (χ2n) is 6.89. The van der Waals surface area contributed by atoms with Crippen LogP contribution < -0.4 is 10.6 Å². The molecule has 0 aromatic carbocycles. The number of hydrogen-bond donors (Lipinski definition) is 2. The fourth-order valence-corrected chi connectivity index (χ4v) is 2.46. The first kappa shape index (κ1) is 27.5. The van der Waals surface area contributed by atoms with Crippen molar-refractivity contribution in [2.45, 2.75) is 70.5 Å². The van der Waals surface area contributed by atoms with Crippen LogP contribution in [0.15, 0.2) is 0 Å². The second kappa shape index (κ2) is 13.8. The van der Waals surface area contributed by atoms with Gasteiger partial charge in [0, 0.05) is 25.8 Å². The molecule has 0 aliphatic carbocycles. The zero-order valence-corrected chi connectivity index (χ0v) is 18.0. The van der Waals surface area contributed by atoms with Gasteiger partial charge in [-0.1, -0.05) is 18.8 Å². The number of alkyl halides is 3. The number of carbonyl (C=O) groups excluding carboxylic acids is 5. The molecule has 12 heteroatoms. The lowest BCUT2D eigenvalue weighted by molar-refractivity contribution is -0.200. The van der Waals surface area contributed by atoms with Crippen LogP contribution in [0.2, 0.25) is 0 Å². The molecule has 1 unspecified atom stereocenters. The van der Waals surface area contributed by atoms with Gasteiger partial charge in [-0.2, -0.15) is 13.2 Å². The Balaban J connectivity index is 2.52. The Kier molecular flexibility index (Phi) is 11.5. The summed E-state index contributed by atoms with van der Waals surface area (Å²) in [5.74, 6) is 4.81. The number of nitrogens with zero attached hydrogens (tertiary/aromatic N) is 1. The van der Waals surface area contributed by atoms with Gasteiger partial charge in [0.05, 0.1) is 6.42 Å². The lowest BCUT2D eigenvalue weighted by atomic mass is 10.1. The summed E-state index contributed by atoms with van der Waals surface area (Å²) in [6.45, 7) is 2.13. The number of halogens is 3. The van der Waals surface area contributed by atoms with Gasteiger partial charge in [-0.15, -0.1) is 5.06 Å². The number of carbonyl (C=O) groups is 5. The van der Waals surface area contributed by atoms with Crippen LogP contribution in [-0.4, -0.2) is 53.4 Å². The van der Waals surface area contributed by atoms with Gasteiger partial charge in [-0.25, -0.2) is 4.79 Å². The molecule has 0 saturated carbocycles. The Morgan fingerprint density at radius 1 is 1.09 bits per heavy atom. The Bertz CT molecular complexity index is 864. The topological polar surface area (TPSA) is 122 Å². The molecule has 0 bridgehead atoms. The standard InChI is InChI=1S/C21H24F3N3O6/c1-2-3-4-5-6-7-11-16(28)25-14-9-8-10-15(26-20(32)21(22,23)24)19(31)33-27-17(29)12-13-18(27)30/h15H,2-3,8-14H2,1H3,(H,25,28)(H,26,32). The van der Waals surface area contributed by atoms with E-state index in [0.29, 0.717) is 6.42 Å². The normalized spacial score (nSPS) is 13.9. The predicted molar refractivity (Wildman–Crippen MR) is 107 cm³/mol. The fourth-order valence-electron chi connectivity index (χ4n) is 2.46. The molecule has 1 saturated heterocycles. The molecule has 1 aliphatic rings. The van der Waals surface area contributed by atoms with E-state index in [1.807, 2.05) is 6.92 Å². The Morgan fingerprint density at radius 3 is 2.33 bits per heavy atom. The third-order valence-corrected chi connectivity index (χ3v) is 4.14. The van der Waals surface area contributed by atoms with Crippen LogP contribution in [0.25, 0.3) is 0 Å². The molecule has 1 rings (SSSR count). The quantitative estimate of drug-likeness (QED) is 0.280. The first-order valence-corrected chi connectivity index (χ1v) is 10.2. The Hall–Kier alpha value is -3.54. The van der Waals surface area contributed by atoms with Gasteiger partial charge in [0.1, 0.15) is 6.04 Å². The van der Waals surface area contributed by atoms with Crippen molar-refractivity contribution in [1.29, 1.82) is 0 Å². The number of hydroxylamine groups is 2. The van der Waals surface area contributed by atoms with Gasteiger partial charge >= 0.3 is 18.1 Å². The van der Waals surface area contributed by atoms with Crippen LogP contribution >= 0.6 is 0 Å². The number of unbranched alkanes of at least 4 members (excludes halogenated alkanes) is 2. The van der Waals surface area contributed by atoms with E-state index in [1.54, 1.807) is 0 Å². The number of imide groups is 1. The SMILES string of the molecule is CCCC#CC#CCC(=O)NCCCCC(NC(=O)C(F)(F)F)C(=O)ON1C(=O)CCC1=O. The van der Waals surface area contributed by atoms with Crippen molar-refractivity contribution in [3.05, 3.63) is 0 Å². The zero-order chi connectivity index (χ0) is 24.9. The van der Waals surface area contributed by atoms with Crippen molar-refractivity contribution in [2.24, 2.45) is 0 Å². The predicted octanol–water partition coefficient (Wildman–Crippen LogP) is 1.12. The summed E-state index contributed by atoms with van der Waals surface area (Å²) in [5.41, 5.74) is 0. The van der Waals surface area contributed by atoms with Gasteiger partial charge in [-0.05, 0) is 37.5 Å². The molecule has 1 fully saturated rings. The maximum atomic E-state index is 12.6. The van der Waals surface area contributed by atoms with Crippen molar-refractivity contribution in [2.75, 3.05) is 6.54 Å². The third kappa shape index (κ3) is 10.5. The summed E-state index contributed by atoms with van der Waals surface area (Å²) in [4.78, 5) is 62.8. The van der Waals surface area contributed by atoms with E-state index >= 15 is 0 Å². The summed E-state index contributed by atoms with van der Waals surface area (Å²) in [5, 5.41) is 4.24. The van der Waals surface area contributed by atoms with Crippen molar-refractivity contribution in [3.8, 4) is 23.7 Å². The fraction of sp³-hybridized carbons (Fsp3) is 0.571. The molecule has 0 aromatic heterocycles. The minimum atomic E-state index is -5.24. The first-order chi connectivity index (χ1) is 15.6. The van der Waals surface area contributed by atoms with Gasteiger partial charge in [0.15, 0.2) is 0 Å². The smallest absolute Gasteiger partial charge is 0.355 e. The maximum Gasteiger partial charge on any atom is 0.471 e. The van der Waals surface area contributed by atoms with Crippen LogP contribution in [0.5, 0.6) is 0 Å². The van der Waals surface area contributed by atoms with Crippen LogP contribution in [0.1, 0.15) is 58.3 Å². The van der Waals surface area contributed by atoms with E-state index in [2.05, 4.69) is 33.8 Å². The molecule has 33 heavy (non-hydrogen) atoms. The van der Waals surface area contributed by atoms with Crippen LogP contribution in [0, 0.1) is 23.7 Å². The van der Waals surface area contributed by atoms with E-state index < -0.39 is 35.9 Å². The Labute approximate surface area is 188 Å². The summed E-state index contributed by atoms with van der Waals surface area (Å²) < 4.78 is 37.7. The molecule has 9 nitrogen and oxygen atoms in total. The molecule has 1 atom stereocenters. The molecule has 1 heterocycles. The molecular weight excluding hydrogens is 447 g/mol. The van der Waals surface area contributed by atoms with Gasteiger partial charge in [-0.3, -0.25) is 19.2 Å². The zero-order valence-electron chi connectivity index (χ0n) is 18.0. The summed E-state index contributed by atoms with van der Waals surface area (Å²) in [6.07, 6.45) is -3.98. The van der Waals surface area contributed by atoms with Crippen molar-refractivity contribution in [1.82, 2.24) is 15.7 Å². The number of rotatable bonds is 10. The minimum Gasteiger partial charge on any atom is -0.355 e. The van der Waals surface area contributed by atoms with E-state index in [4.69, 9.17) is 0 Å². The van der Waals surface area contributed by atoms with Crippen molar-refractivity contribution >= 4 is 29.6 Å². The van der Waals surface area contributed by atoms with E-state index in [-0.39, 0.29) is 56.0 Å². The molecule has 4 amide bonds. The van der Waals surface area contributed by atoms with Crippen LogP contribution in [0.4, 0.5) is 13.2 Å². The minimum absolute atomic E-state index is 0.0741. The highest BCUT2D eigenvalue weighted by atomic mass is 19.4. The molecule has 180 valence electrons. The molecule has 1 aliphatic heterocycles. The van der Waals surface area contributed by atoms with Crippen molar-refractivity contribution < 1.29 is 42.0 Å². The van der Waals surface area contributed by atoms with E-state index in [9.17, 15) is 37.1 Å². The molecule has 2 N–H and O–H groups in total. The molecule has 0 spiro atoms. The third-order valence-electron chi connectivity index (χ3n) is 4.14. The average Bonchev–Trinajstić information content (AvgIpc) is 3.06. The second-order valence-corrected chi connectivity index (χ2v) is 6.89. The number of nitrogens with one attached hydrogen (secondary N) is 2. The molecule has 0 aromatic rings. The number of amides is 4. The van der Waals surface area contributed by atoms with Gasteiger partial charge in [0.2, 0.25) is 5.91 Å². The lowest BCUT2D eigenvalue weighted by Crippen LogP contribution is -2.49. The van der Waals surface area contributed by atoms with Gasteiger partial charge in [0.25, 0.3) is 11.8 Å². The Morgan fingerprint density at radius 2 is 1.73 bits per heavy atom. The van der Waals surface area contributed by atoms with Crippen LogP contribution in [0.3, 0.4) is 0 Å². The maximum absolute atomic E-state index is 12.6. The molecular formula is C21H24F3N3O6. The summed E-state index contributed by atoms with van der Waals surface area (Å²) in [7, 11) is 0. The monoisotopic (exact) mass is 471 g/mol. The highest BCUT2D eigenvalue weighted by Crippen LogP contribution is 2.17. The lowest BCUT2D eigenvalue weighted by Gasteiger charge is -2.20. The van der Waals surface area contributed by atoms with E-state index in [0.717, 1.165) is 6.42 Å². The van der Waals surface area contributed by atoms with Gasteiger partial charge < -0.3 is 15.5 Å². The molecule has 0 radical (unpaired) electrons. The highest BCUT2D eigenvalue weighted by Gasteiger charge is 2.42. The van der Waals surface area contributed by atoms with Crippen LogP contribution in [-0.2, 0) is 28.8 Å². The first-order valence-electron chi connectivity index (χ1n) is 10.2. The summed E-state index contributed by atoms with van der Waals surface area (Å²) >= 11 is 0. The van der Waals surface area contributed by atoms with E-state index in [1.165, 1.54) is 5.32 Å². The van der Waals surface area contributed by atoms with Crippen molar-refractivity contribution in [3.63, 3.8) is 0 Å². The summed E-state index contributed by atoms with van der Waals surface area (Å²) in [6, 6.07) is -1.75. The highest BCUT2D eigenvalue weighted by molar-refractivity contribution is 6.02. The average molecular weight is 471 g/mol.